The molecule has 0 saturated carbocycles. The van der Waals surface area contributed by atoms with Crippen molar-refractivity contribution in [2.75, 3.05) is 20.3 Å². The largest absolute Gasteiger partial charge is 0.480 e. The molecule has 0 aromatic carbocycles. The van der Waals surface area contributed by atoms with Gasteiger partial charge in [0.15, 0.2) is 5.41 Å². The molecule has 0 bridgehead atoms. The minimum atomic E-state index is -1.68. The van der Waals surface area contributed by atoms with Crippen molar-refractivity contribution in [3.63, 3.8) is 0 Å². The van der Waals surface area contributed by atoms with E-state index in [1.54, 1.807) is 48.5 Å². The summed E-state index contributed by atoms with van der Waals surface area (Å²) in [5.41, 5.74) is -0.505. The van der Waals surface area contributed by atoms with Crippen molar-refractivity contribution in [3.8, 4) is 5.88 Å². The highest BCUT2D eigenvalue weighted by atomic mass is 16.6. The van der Waals surface area contributed by atoms with Crippen LogP contribution in [0.1, 0.15) is 57.0 Å². The fourth-order valence-corrected chi connectivity index (χ4v) is 4.60. The average molecular weight is 479 g/mol. The van der Waals surface area contributed by atoms with Crippen LogP contribution < -0.4 is 4.74 Å². The molecule has 1 unspecified atom stereocenters. The molecule has 3 rings (SSSR count). The number of hydrogen-bond donors (Lipinski definition) is 1. The molecule has 1 amide bonds. The first-order valence-electron chi connectivity index (χ1n) is 11.2. The summed E-state index contributed by atoms with van der Waals surface area (Å²) < 4.78 is 22.2. The Morgan fingerprint density at radius 2 is 1.79 bits per heavy atom. The summed E-state index contributed by atoms with van der Waals surface area (Å²) in [5.74, 6) is -1.68. The Hall–Kier alpha value is -2.88. The molecule has 1 saturated heterocycles. The Morgan fingerprint density at radius 1 is 1.18 bits per heavy atom. The van der Waals surface area contributed by atoms with Crippen molar-refractivity contribution in [2.24, 2.45) is 5.41 Å². The molecule has 2 atom stereocenters. The standard InChI is InChI=1S/C24H34N2O8/c1-13-16-9-24(19(27)28,20(29)31-8)10-17(16)14(2)25-18(13)32-11-15-12-33-23(6,7)26(15)21(30)34-22(3,4)5/h15H,9-12H2,1-8H3,(H,27,28)/t15-,24?/m0/s1. The van der Waals surface area contributed by atoms with Crippen LogP contribution in [0.15, 0.2) is 0 Å². The predicted octanol–water partition coefficient (Wildman–Crippen LogP) is 2.79. The van der Waals surface area contributed by atoms with Gasteiger partial charge < -0.3 is 24.1 Å². The molecular weight excluding hydrogens is 444 g/mol. The second kappa shape index (κ2) is 8.72. The van der Waals surface area contributed by atoms with Gasteiger partial charge in [-0.3, -0.25) is 14.5 Å². The van der Waals surface area contributed by atoms with Gasteiger partial charge in [0, 0.05) is 24.1 Å². The third-order valence-electron chi connectivity index (χ3n) is 6.36. The molecular formula is C24H34N2O8. The molecule has 0 radical (unpaired) electrons. The molecule has 1 N–H and O–H groups in total. The van der Waals surface area contributed by atoms with Gasteiger partial charge in [-0.2, -0.15) is 0 Å². The molecule has 188 valence electrons. The van der Waals surface area contributed by atoms with Gasteiger partial charge in [-0.15, -0.1) is 0 Å². The smallest absolute Gasteiger partial charge is 0.413 e. The van der Waals surface area contributed by atoms with E-state index in [0.29, 0.717) is 17.1 Å². The number of ether oxygens (including phenoxy) is 4. The van der Waals surface area contributed by atoms with Gasteiger partial charge in [-0.05, 0) is 59.6 Å². The number of carboxylic acids is 1. The fraction of sp³-hybridized carbons (Fsp3) is 0.667. The zero-order valence-corrected chi connectivity index (χ0v) is 21.1. The molecule has 10 heteroatoms. The summed E-state index contributed by atoms with van der Waals surface area (Å²) in [5, 5.41) is 9.83. The summed E-state index contributed by atoms with van der Waals surface area (Å²) in [6.45, 7) is 12.9. The van der Waals surface area contributed by atoms with Gasteiger partial charge in [0.1, 0.15) is 17.9 Å². The van der Waals surface area contributed by atoms with Gasteiger partial charge in [0.05, 0.1) is 19.8 Å². The highest BCUT2D eigenvalue weighted by Crippen LogP contribution is 2.43. The van der Waals surface area contributed by atoms with Crippen LogP contribution in [0.25, 0.3) is 0 Å². The van der Waals surface area contributed by atoms with Crippen LogP contribution in [0.4, 0.5) is 4.79 Å². The monoisotopic (exact) mass is 478 g/mol. The third-order valence-corrected chi connectivity index (χ3v) is 6.36. The maximum Gasteiger partial charge on any atom is 0.413 e. The summed E-state index contributed by atoms with van der Waals surface area (Å²) in [4.78, 5) is 43.4. The summed E-state index contributed by atoms with van der Waals surface area (Å²) in [7, 11) is 1.18. The molecule has 2 heterocycles. The summed E-state index contributed by atoms with van der Waals surface area (Å²) >= 11 is 0. The number of amides is 1. The Bertz CT molecular complexity index is 1010. The quantitative estimate of drug-likeness (QED) is 0.502. The highest BCUT2D eigenvalue weighted by molar-refractivity contribution is 6.01. The van der Waals surface area contributed by atoms with Crippen LogP contribution in [0.2, 0.25) is 0 Å². The maximum absolute atomic E-state index is 12.9. The van der Waals surface area contributed by atoms with Gasteiger partial charge in [0.2, 0.25) is 5.88 Å². The molecule has 1 aliphatic carbocycles. The summed E-state index contributed by atoms with van der Waals surface area (Å²) in [6, 6.07) is -0.409. The number of methoxy groups -OCH3 is 1. The highest BCUT2D eigenvalue weighted by Gasteiger charge is 2.53. The van der Waals surface area contributed by atoms with Gasteiger partial charge >= 0.3 is 18.0 Å². The van der Waals surface area contributed by atoms with Crippen LogP contribution in [0.3, 0.4) is 0 Å². The second-order valence-electron chi connectivity index (χ2n) is 10.4. The van der Waals surface area contributed by atoms with Crippen molar-refractivity contribution in [3.05, 3.63) is 22.4 Å². The lowest BCUT2D eigenvalue weighted by molar-refractivity contribution is -0.166. The molecule has 0 spiro atoms. The van der Waals surface area contributed by atoms with E-state index in [1.807, 2.05) is 0 Å². The van der Waals surface area contributed by atoms with Crippen molar-refractivity contribution in [1.82, 2.24) is 9.88 Å². The number of esters is 1. The van der Waals surface area contributed by atoms with Gasteiger partial charge in [0.25, 0.3) is 0 Å². The number of nitrogens with zero attached hydrogens (tertiary/aromatic N) is 2. The molecule has 1 aromatic heterocycles. The number of aromatic nitrogens is 1. The van der Waals surface area contributed by atoms with Crippen molar-refractivity contribution >= 4 is 18.0 Å². The van der Waals surface area contributed by atoms with Crippen molar-refractivity contribution < 1.29 is 38.4 Å². The Labute approximate surface area is 199 Å². The molecule has 34 heavy (non-hydrogen) atoms. The van der Waals surface area contributed by atoms with Crippen LogP contribution in [-0.4, -0.2) is 70.7 Å². The molecule has 10 nitrogen and oxygen atoms in total. The predicted molar refractivity (Wildman–Crippen MR) is 121 cm³/mol. The number of pyridine rings is 1. The van der Waals surface area contributed by atoms with E-state index in [4.69, 9.17) is 18.9 Å². The van der Waals surface area contributed by atoms with Crippen LogP contribution >= 0.6 is 0 Å². The van der Waals surface area contributed by atoms with Crippen molar-refractivity contribution in [1.29, 1.82) is 0 Å². The van der Waals surface area contributed by atoms with E-state index in [0.717, 1.165) is 11.1 Å². The van der Waals surface area contributed by atoms with Crippen LogP contribution in [-0.2, 0) is 36.6 Å². The van der Waals surface area contributed by atoms with E-state index < -0.39 is 40.8 Å². The number of carbonyl (C=O) groups is 3. The number of fused-ring (bicyclic) bond motifs is 1. The summed E-state index contributed by atoms with van der Waals surface area (Å²) in [6.07, 6.45) is -0.483. The number of hydrogen-bond acceptors (Lipinski definition) is 8. The molecule has 1 fully saturated rings. The first-order chi connectivity index (χ1) is 15.6. The van der Waals surface area contributed by atoms with E-state index in [-0.39, 0.29) is 26.1 Å². The topological polar surface area (TPSA) is 124 Å². The Balaban J connectivity index is 1.84. The maximum atomic E-state index is 12.9. The number of aliphatic carboxylic acids is 1. The van der Waals surface area contributed by atoms with Crippen LogP contribution in [0.5, 0.6) is 5.88 Å². The third kappa shape index (κ3) is 4.55. The van der Waals surface area contributed by atoms with Crippen LogP contribution in [0, 0.1) is 19.3 Å². The number of aryl methyl sites for hydroxylation is 1. The zero-order chi connectivity index (χ0) is 25.6. The lowest BCUT2D eigenvalue weighted by Crippen LogP contribution is -2.51. The lowest BCUT2D eigenvalue weighted by Gasteiger charge is -2.35. The minimum absolute atomic E-state index is 0.000498. The van der Waals surface area contributed by atoms with E-state index in [9.17, 15) is 19.5 Å². The molecule has 2 aliphatic rings. The second-order valence-corrected chi connectivity index (χ2v) is 10.4. The SMILES string of the molecule is COC(=O)C1(C(=O)O)Cc2c(C)nc(OC[C@H]3COC(C)(C)N3C(=O)OC(C)(C)C)c(C)c2C1. The first-order valence-corrected chi connectivity index (χ1v) is 11.2. The number of rotatable bonds is 5. The van der Waals surface area contributed by atoms with E-state index in [2.05, 4.69) is 4.98 Å². The molecule has 1 aliphatic heterocycles. The fourth-order valence-electron chi connectivity index (χ4n) is 4.60. The van der Waals surface area contributed by atoms with Gasteiger partial charge in [-0.25, -0.2) is 9.78 Å². The zero-order valence-electron chi connectivity index (χ0n) is 21.1. The number of carbonyl (C=O) groups excluding carboxylic acids is 2. The van der Waals surface area contributed by atoms with Gasteiger partial charge in [-0.1, -0.05) is 0 Å². The Morgan fingerprint density at radius 3 is 2.35 bits per heavy atom. The lowest BCUT2D eigenvalue weighted by atomic mass is 9.84. The van der Waals surface area contributed by atoms with E-state index in [1.165, 1.54) is 12.0 Å². The molecule has 1 aromatic rings. The number of carboxylic acid groups (broad SMARTS) is 1. The minimum Gasteiger partial charge on any atom is -0.480 e. The van der Waals surface area contributed by atoms with Crippen molar-refractivity contribution in [2.45, 2.75) is 78.7 Å². The first kappa shape index (κ1) is 25.7. The average Bonchev–Trinajstić information content (AvgIpc) is 3.27. The van der Waals surface area contributed by atoms with E-state index >= 15 is 0 Å². The normalized spacial score (nSPS) is 23.4. The Kier molecular flexibility index (Phi) is 6.60.